The Morgan fingerprint density at radius 3 is 1.55 bits per heavy atom. The standard InChI is InChI=1S/C20H26BN4O4/c1-3-19(13-22-17(1)15-24-5-9-26-10-6-24)28-21-29-20-4-2-18(23-14-20)16-25-7-11-27-12-8-25/h1-4,13-14H,5-12,15-16H2. The summed E-state index contributed by atoms with van der Waals surface area (Å²) >= 11 is 0. The number of ether oxygens (including phenoxy) is 2. The second-order valence-electron chi connectivity index (χ2n) is 7.08. The fourth-order valence-electron chi connectivity index (χ4n) is 3.26. The molecule has 0 atom stereocenters. The van der Waals surface area contributed by atoms with Crippen molar-refractivity contribution in [2.45, 2.75) is 13.1 Å². The Balaban J connectivity index is 1.18. The van der Waals surface area contributed by atoms with Gasteiger partial charge in [0.15, 0.2) is 0 Å². The van der Waals surface area contributed by atoms with Crippen LogP contribution in [0.2, 0.25) is 0 Å². The van der Waals surface area contributed by atoms with E-state index in [9.17, 15) is 0 Å². The lowest BCUT2D eigenvalue weighted by atomic mass is 10.3. The van der Waals surface area contributed by atoms with E-state index in [0.29, 0.717) is 11.5 Å². The minimum absolute atomic E-state index is 0.632. The molecule has 0 bridgehead atoms. The first-order valence-corrected chi connectivity index (χ1v) is 10.0. The van der Waals surface area contributed by atoms with Crippen molar-refractivity contribution >= 4 is 7.69 Å². The number of morpholine rings is 2. The molecular formula is C20H26BN4O4. The monoisotopic (exact) mass is 397 g/mol. The zero-order chi connectivity index (χ0) is 19.7. The van der Waals surface area contributed by atoms with E-state index < -0.39 is 0 Å². The van der Waals surface area contributed by atoms with E-state index in [1.54, 1.807) is 12.4 Å². The smallest absolute Gasteiger partial charge is 0.525 e. The third-order valence-electron chi connectivity index (χ3n) is 4.94. The largest absolute Gasteiger partial charge is 0.658 e. The molecule has 2 aliphatic rings. The Morgan fingerprint density at radius 1 is 0.724 bits per heavy atom. The summed E-state index contributed by atoms with van der Waals surface area (Å²) in [7, 11) is 1.30. The van der Waals surface area contributed by atoms with Gasteiger partial charge in [-0.2, -0.15) is 0 Å². The molecule has 2 aliphatic heterocycles. The molecule has 2 aromatic heterocycles. The molecule has 0 unspecified atom stereocenters. The van der Waals surface area contributed by atoms with E-state index in [1.165, 1.54) is 7.69 Å². The minimum atomic E-state index is 0.632. The van der Waals surface area contributed by atoms with Gasteiger partial charge < -0.3 is 18.8 Å². The molecule has 153 valence electrons. The molecule has 0 N–H and O–H groups in total. The predicted octanol–water partition coefficient (Wildman–Crippen LogP) is 1.13. The Hall–Kier alpha value is -2.20. The number of hydrogen-bond donors (Lipinski definition) is 0. The zero-order valence-electron chi connectivity index (χ0n) is 16.5. The van der Waals surface area contributed by atoms with Crippen LogP contribution in [-0.4, -0.2) is 80.1 Å². The van der Waals surface area contributed by atoms with E-state index in [4.69, 9.17) is 18.8 Å². The average Bonchev–Trinajstić information content (AvgIpc) is 2.78. The van der Waals surface area contributed by atoms with Crippen LogP contribution in [0.3, 0.4) is 0 Å². The van der Waals surface area contributed by atoms with Gasteiger partial charge in [0.05, 0.1) is 50.2 Å². The summed E-state index contributed by atoms with van der Waals surface area (Å²) < 4.78 is 21.8. The molecule has 1 radical (unpaired) electrons. The summed E-state index contributed by atoms with van der Waals surface area (Å²) in [5.74, 6) is 1.26. The SMILES string of the molecule is [B](Oc1ccc(CN2CCOCC2)nc1)Oc1ccc(CN2CCOCC2)nc1. The number of hydrogen-bond acceptors (Lipinski definition) is 8. The molecular weight excluding hydrogens is 371 g/mol. The number of aromatic nitrogens is 2. The van der Waals surface area contributed by atoms with E-state index in [-0.39, 0.29) is 0 Å². The first-order valence-electron chi connectivity index (χ1n) is 10.0. The summed E-state index contributed by atoms with van der Waals surface area (Å²) in [6, 6.07) is 7.74. The molecule has 29 heavy (non-hydrogen) atoms. The van der Waals surface area contributed by atoms with Crippen LogP contribution >= 0.6 is 0 Å². The first kappa shape index (κ1) is 20.1. The lowest BCUT2D eigenvalue weighted by molar-refractivity contribution is 0.0336. The normalized spacial score (nSPS) is 18.3. The van der Waals surface area contributed by atoms with Crippen LogP contribution in [0.5, 0.6) is 11.5 Å². The van der Waals surface area contributed by atoms with E-state index in [0.717, 1.165) is 77.1 Å². The van der Waals surface area contributed by atoms with Crippen molar-refractivity contribution in [3.05, 3.63) is 48.0 Å². The van der Waals surface area contributed by atoms with Gasteiger partial charge in [0.2, 0.25) is 0 Å². The highest BCUT2D eigenvalue weighted by Gasteiger charge is 2.13. The van der Waals surface area contributed by atoms with Gasteiger partial charge in [0.1, 0.15) is 11.5 Å². The second-order valence-corrected chi connectivity index (χ2v) is 7.08. The zero-order valence-corrected chi connectivity index (χ0v) is 16.5. The van der Waals surface area contributed by atoms with Crippen LogP contribution in [-0.2, 0) is 22.6 Å². The maximum absolute atomic E-state index is 5.51. The number of nitrogens with zero attached hydrogens (tertiary/aromatic N) is 4. The fourth-order valence-corrected chi connectivity index (χ4v) is 3.26. The maximum Gasteiger partial charge on any atom is 0.658 e. The summed E-state index contributed by atoms with van der Waals surface area (Å²) in [5.41, 5.74) is 2.03. The van der Waals surface area contributed by atoms with Crippen molar-refractivity contribution in [3.8, 4) is 11.5 Å². The molecule has 0 spiro atoms. The molecule has 8 nitrogen and oxygen atoms in total. The highest BCUT2D eigenvalue weighted by molar-refractivity contribution is 6.20. The van der Waals surface area contributed by atoms with Crippen molar-refractivity contribution in [1.29, 1.82) is 0 Å². The highest BCUT2D eigenvalue weighted by Crippen LogP contribution is 2.14. The highest BCUT2D eigenvalue weighted by atomic mass is 16.6. The summed E-state index contributed by atoms with van der Waals surface area (Å²) in [5, 5.41) is 0. The van der Waals surface area contributed by atoms with Crippen molar-refractivity contribution in [2.24, 2.45) is 0 Å². The summed E-state index contributed by atoms with van der Waals surface area (Å²) in [6.45, 7) is 8.59. The van der Waals surface area contributed by atoms with Gasteiger partial charge in [0, 0.05) is 39.3 Å². The molecule has 2 saturated heterocycles. The van der Waals surface area contributed by atoms with Gasteiger partial charge in [-0.1, -0.05) is 0 Å². The maximum atomic E-state index is 5.51. The van der Waals surface area contributed by atoms with Crippen LogP contribution in [0, 0.1) is 0 Å². The minimum Gasteiger partial charge on any atom is -0.525 e. The Bertz CT molecular complexity index is 672. The Kier molecular flexibility index (Phi) is 7.31. The van der Waals surface area contributed by atoms with Crippen LogP contribution in [0.25, 0.3) is 0 Å². The molecule has 0 amide bonds. The molecule has 0 saturated carbocycles. The van der Waals surface area contributed by atoms with Crippen LogP contribution in [0.1, 0.15) is 11.4 Å². The van der Waals surface area contributed by atoms with Crippen LogP contribution in [0.4, 0.5) is 0 Å². The van der Waals surface area contributed by atoms with Gasteiger partial charge in [-0.3, -0.25) is 19.8 Å². The van der Waals surface area contributed by atoms with Gasteiger partial charge in [-0.15, -0.1) is 0 Å². The first-order chi connectivity index (χ1) is 14.3. The van der Waals surface area contributed by atoms with E-state index in [1.807, 2.05) is 24.3 Å². The Labute approximate surface area is 172 Å². The quantitative estimate of drug-likeness (QED) is 0.615. The molecule has 2 aromatic rings. The summed E-state index contributed by atoms with van der Waals surface area (Å²) in [6.07, 6.45) is 3.42. The third kappa shape index (κ3) is 6.40. The Morgan fingerprint density at radius 2 is 1.17 bits per heavy atom. The fraction of sp³-hybridized carbons (Fsp3) is 0.500. The van der Waals surface area contributed by atoms with Crippen molar-refractivity contribution in [2.75, 3.05) is 52.6 Å². The van der Waals surface area contributed by atoms with Crippen LogP contribution < -0.4 is 9.31 Å². The van der Waals surface area contributed by atoms with Gasteiger partial charge in [-0.25, -0.2) is 0 Å². The molecule has 4 heterocycles. The lowest BCUT2D eigenvalue weighted by Crippen LogP contribution is -2.35. The molecule has 4 rings (SSSR count). The molecule has 9 heteroatoms. The van der Waals surface area contributed by atoms with Crippen molar-refractivity contribution < 1.29 is 18.8 Å². The predicted molar refractivity (Wildman–Crippen MR) is 108 cm³/mol. The topological polar surface area (TPSA) is 69.2 Å². The number of pyridine rings is 2. The molecule has 0 aromatic carbocycles. The molecule has 0 aliphatic carbocycles. The molecule has 2 fully saturated rings. The van der Waals surface area contributed by atoms with Gasteiger partial charge in [-0.05, 0) is 24.3 Å². The van der Waals surface area contributed by atoms with E-state index in [2.05, 4.69) is 19.8 Å². The number of rotatable bonds is 8. The third-order valence-corrected chi connectivity index (χ3v) is 4.94. The summed E-state index contributed by atoms with van der Waals surface area (Å²) in [4.78, 5) is 13.6. The lowest BCUT2D eigenvalue weighted by Gasteiger charge is -2.26. The van der Waals surface area contributed by atoms with E-state index >= 15 is 0 Å². The van der Waals surface area contributed by atoms with Crippen molar-refractivity contribution in [1.82, 2.24) is 19.8 Å². The second kappa shape index (κ2) is 10.5. The van der Waals surface area contributed by atoms with Crippen molar-refractivity contribution in [3.63, 3.8) is 0 Å². The van der Waals surface area contributed by atoms with Gasteiger partial charge >= 0.3 is 7.69 Å². The van der Waals surface area contributed by atoms with Gasteiger partial charge in [0.25, 0.3) is 0 Å². The average molecular weight is 397 g/mol. The van der Waals surface area contributed by atoms with Crippen LogP contribution in [0.15, 0.2) is 36.7 Å².